The van der Waals surface area contributed by atoms with E-state index >= 15 is 0 Å². The van der Waals surface area contributed by atoms with Gasteiger partial charge in [0, 0.05) is 0 Å². The largest absolute Gasteiger partial charge is 0.398 e. The highest BCUT2D eigenvalue weighted by Gasteiger charge is 2.24. The van der Waals surface area contributed by atoms with Gasteiger partial charge in [0.25, 0.3) is 0 Å². The average Bonchev–Trinajstić information content (AvgIpc) is 2.27. The van der Waals surface area contributed by atoms with Crippen molar-refractivity contribution in [3.63, 3.8) is 0 Å². The fourth-order valence-corrected chi connectivity index (χ4v) is 3.80. The molecule has 0 radical (unpaired) electrons. The average molecular weight is 276 g/mol. The van der Waals surface area contributed by atoms with E-state index < -0.39 is 9.84 Å². The molecule has 0 spiro atoms. The molecular formula is C14H16N2O2S. The van der Waals surface area contributed by atoms with Crippen molar-refractivity contribution in [2.45, 2.75) is 23.6 Å². The van der Waals surface area contributed by atoms with Gasteiger partial charge in [-0.3, -0.25) is 0 Å². The normalized spacial score (nSPS) is 11.5. The molecule has 0 aromatic heterocycles. The summed E-state index contributed by atoms with van der Waals surface area (Å²) in [5, 5.41) is 0. The Kier molecular flexibility index (Phi) is 3.24. The van der Waals surface area contributed by atoms with Gasteiger partial charge in [0.2, 0.25) is 9.84 Å². The van der Waals surface area contributed by atoms with Gasteiger partial charge in [0.1, 0.15) is 4.90 Å². The minimum Gasteiger partial charge on any atom is -0.398 e. The highest BCUT2D eigenvalue weighted by molar-refractivity contribution is 7.91. The Balaban J connectivity index is 2.73. The molecule has 0 aliphatic rings. The first-order valence-electron chi connectivity index (χ1n) is 5.80. The molecule has 2 aromatic rings. The van der Waals surface area contributed by atoms with E-state index in [0.717, 1.165) is 5.56 Å². The lowest BCUT2D eigenvalue weighted by Crippen LogP contribution is -2.10. The Morgan fingerprint density at radius 3 is 2.05 bits per heavy atom. The van der Waals surface area contributed by atoms with Crippen molar-refractivity contribution in [1.82, 2.24) is 0 Å². The summed E-state index contributed by atoms with van der Waals surface area (Å²) in [7, 11) is -3.70. The number of nitrogens with two attached hydrogens (primary N) is 2. The second-order valence-corrected chi connectivity index (χ2v) is 6.39. The molecule has 0 fully saturated rings. The van der Waals surface area contributed by atoms with Crippen LogP contribution < -0.4 is 11.5 Å². The zero-order valence-corrected chi connectivity index (χ0v) is 11.7. The Labute approximate surface area is 113 Å². The number of benzene rings is 2. The minimum absolute atomic E-state index is 0.0121. The Bertz CT molecular complexity index is 717. The summed E-state index contributed by atoms with van der Waals surface area (Å²) in [6.07, 6.45) is 0. The van der Waals surface area contributed by atoms with Gasteiger partial charge >= 0.3 is 0 Å². The van der Waals surface area contributed by atoms with Gasteiger partial charge < -0.3 is 11.5 Å². The summed E-state index contributed by atoms with van der Waals surface area (Å²) in [6.45, 7) is 3.67. The van der Waals surface area contributed by atoms with Crippen LogP contribution in [-0.4, -0.2) is 8.42 Å². The van der Waals surface area contributed by atoms with Crippen molar-refractivity contribution < 1.29 is 8.42 Å². The Morgan fingerprint density at radius 1 is 0.947 bits per heavy atom. The highest BCUT2D eigenvalue weighted by Crippen LogP contribution is 2.32. The van der Waals surface area contributed by atoms with Gasteiger partial charge in [-0.15, -0.1) is 0 Å². The van der Waals surface area contributed by atoms with Gasteiger partial charge in [-0.25, -0.2) is 8.42 Å². The first kappa shape index (κ1) is 13.4. The van der Waals surface area contributed by atoms with Crippen LogP contribution in [0.5, 0.6) is 0 Å². The van der Waals surface area contributed by atoms with E-state index in [1.807, 2.05) is 13.0 Å². The van der Waals surface area contributed by atoms with Crippen molar-refractivity contribution in [3.05, 3.63) is 47.5 Å². The number of anilines is 2. The van der Waals surface area contributed by atoms with Crippen LogP contribution in [0, 0.1) is 13.8 Å². The van der Waals surface area contributed by atoms with E-state index in [0.29, 0.717) is 5.56 Å². The quantitative estimate of drug-likeness (QED) is 0.824. The standard InChI is InChI=1S/C14H16N2O2S/c1-9-6-7-13(10(2)8-9)19(17,18)14-11(15)4-3-5-12(14)16/h3-8H,15-16H2,1-2H3. The van der Waals surface area contributed by atoms with Crippen molar-refractivity contribution in [2.75, 3.05) is 11.5 Å². The molecule has 0 aliphatic heterocycles. The first-order valence-corrected chi connectivity index (χ1v) is 7.28. The third-order valence-corrected chi connectivity index (χ3v) is 5.01. The molecule has 100 valence electrons. The van der Waals surface area contributed by atoms with Crippen LogP contribution in [0.4, 0.5) is 11.4 Å². The maximum Gasteiger partial charge on any atom is 0.210 e. The molecule has 0 heterocycles. The van der Waals surface area contributed by atoms with Crippen molar-refractivity contribution >= 4 is 21.2 Å². The summed E-state index contributed by atoms with van der Waals surface area (Å²) in [4.78, 5) is 0.227. The van der Waals surface area contributed by atoms with Crippen LogP contribution in [0.1, 0.15) is 11.1 Å². The Morgan fingerprint density at radius 2 is 1.53 bits per heavy atom. The second kappa shape index (κ2) is 4.59. The van der Waals surface area contributed by atoms with Crippen molar-refractivity contribution in [1.29, 1.82) is 0 Å². The fourth-order valence-electron chi connectivity index (χ4n) is 2.09. The lowest BCUT2D eigenvalue weighted by atomic mass is 10.2. The molecule has 4 N–H and O–H groups in total. The van der Waals surface area contributed by atoms with Gasteiger partial charge in [-0.05, 0) is 37.6 Å². The summed E-state index contributed by atoms with van der Waals surface area (Å²) in [6, 6.07) is 9.87. The van der Waals surface area contributed by atoms with Crippen LogP contribution in [0.3, 0.4) is 0 Å². The lowest BCUT2D eigenvalue weighted by Gasteiger charge is -2.12. The van der Waals surface area contributed by atoms with E-state index in [1.165, 1.54) is 12.1 Å². The van der Waals surface area contributed by atoms with Gasteiger partial charge in [0.15, 0.2) is 0 Å². The zero-order valence-electron chi connectivity index (χ0n) is 10.8. The number of hydrogen-bond donors (Lipinski definition) is 2. The van der Waals surface area contributed by atoms with Crippen LogP contribution in [-0.2, 0) is 9.84 Å². The monoisotopic (exact) mass is 276 g/mol. The SMILES string of the molecule is Cc1ccc(S(=O)(=O)c2c(N)cccc2N)c(C)c1. The molecule has 0 atom stereocenters. The number of aryl methyl sites for hydroxylation is 2. The second-order valence-electron chi connectivity index (χ2n) is 4.54. The van der Waals surface area contributed by atoms with E-state index in [1.54, 1.807) is 25.1 Å². The topological polar surface area (TPSA) is 86.2 Å². The highest BCUT2D eigenvalue weighted by atomic mass is 32.2. The lowest BCUT2D eigenvalue weighted by molar-refractivity contribution is 0.596. The number of rotatable bonds is 2. The number of sulfone groups is 1. The van der Waals surface area contributed by atoms with Gasteiger partial charge in [-0.2, -0.15) is 0 Å². The molecule has 0 saturated carbocycles. The van der Waals surface area contributed by atoms with Crippen LogP contribution in [0.15, 0.2) is 46.2 Å². The number of nitrogen functional groups attached to an aromatic ring is 2. The maximum absolute atomic E-state index is 12.6. The maximum atomic E-state index is 12.6. The van der Waals surface area contributed by atoms with Gasteiger partial charge in [-0.1, -0.05) is 23.8 Å². The predicted molar refractivity (Wildman–Crippen MR) is 76.6 cm³/mol. The third kappa shape index (κ3) is 2.29. The summed E-state index contributed by atoms with van der Waals surface area (Å²) < 4.78 is 25.3. The van der Waals surface area contributed by atoms with E-state index in [2.05, 4.69) is 0 Å². The van der Waals surface area contributed by atoms with Crippen molar-refractivity contribution in [3.8, 4) is 0 Å². The van der Waals surface area contributed by atoms with Gasteiger partial charge in [0.05, 0.1) is 16.3 Å². The molecule has 19 heavy (non-hydrogen) atoms. The van der Waals surface area contributed by atoms with E-state index in [9.17, 15) is 8.42 Å². The zero-order chi connectivity index (χ0) is 14.2. The van der Waals surface area contributed by atoms with Crippen LogP contribution in [0.25, 0.3) is 0 Å². The smallest absolute Gasteiger partial charge is 0.210 e. The molecule has 2 rings (SSSR count). The van der Waals surface area contributed by atoms with E-state index in [4.69, 9.17) is 11.5 Å². The molecule has 5 heteroatoms. The third-order valence-electron chi connectivity index (χ3n) is 2.96. The summed E-state index contributed by atoms with van der Waals surface area (Å²) in [5.41, 5.74) is 13.6. The molecule has 0 bridgehead atoms. The molecule has 0 unspecified atom stereocenters. The molecular weight excluding hydrogens is 260 g/mol. The summed E-state index contributed by atoms with van der Waals surface area (Å²) in [5.74, 6) is 0. The predicted octanol–water partition coefficient (Wildman–Crippen LogP) is 2.30. The summed E-state index contributed by atoms with van der Waals surface area (Å²) >= 11 is 0. The Hall–Kier alpha value is -2.01. The minimum atomic E-state index is -3.70. The molecule has 0 saturated heterocycles. The first-order chi connectivity index (χ1) is 8.84. The molecule has 0 aliphatic carbocycles. The molecule has 4 nitrogen and oxygen atoms in total. The fraction of sp³-hybridized carbons (Fsp3) is 0.143. The van der Waals surface area contributed by atoms with E-state index in [-0.39, 0.29) is 21.2 Å². The molecule has 2 aromatic carbocycles. The van der Waals surface area contributed by atoms with Crippen molar-refractivity contribution in [2.24, 2.45) is 0 Å². The molecule has 0 amide bonds. The van der Waals surface area contributed by atoms with Crippen LogP contribution in [0.2, 0.25) is 0 Å². The van der Waals surface area contributed by atoms with Crippen LogP contribution >= 0.6 is 0 Å². The number of hydrogen-bond acceptors (Lipinski definition) is 4.